The van der Waals surface area contributed by atoms with Crippen LogP contribution in [0.25, 0.3) is 0 Å². The Kier molecular flexibility index (Phi) is 7.02. The maximum atomic E-state index is 11.5. The second kappa shape index (κ2) is 8.58. The third-order valence-electron chi connectivity index (χ3n) is 2.32. The zero-order chi connectivity index (χ0) is 14.1. The number of nitrogens with two attached hydrogens (primary N) is 1. The number of benzene rings is 1. The van der Waals surface area contributed by atoms with E-state index < -0.39 is 0 Å². The molecular weight excluding hydrogens is 264 g/mol. The van der Waals surface area contributed by atoms with Crippen LogP contribution >= 0.6 is 12.2 Å². The third kappa shape index (κ3) is 6.28. The van der Waals surface area contributed by atoms with Crippen molar-refractivity contribution in [3.63, 3.8) is 0 Å². The lowest BCUT2D eigenvalue weighted by atomic mass is 10.2. The van der Waals surface area contributed by atoms with Gasteiger partial charge in [0.25, 0.3) is 0 Å². The van der Waals surface area contributed by atoms with E-state index in [9.17, 15) is 4.79 Å². The summed E-state index contributed by atoms with van der Waals surface area (Å²) in [6.07, 6.45) is 0.770. The molecule has 0 atom stereocenters. The lowest BCUT2D eigenvalue weighted by Crippen LogP contribution is -2.19. The Balaban J connectivity index is 2.30. The number of methoxy groups -OCH3 is 1. The van der Waals surface area contributed by atoms with Gasteiger partial charge < -0.3 is 20.5 Å². The maximum absolute atomic E-state index is 11.5. The number of carbonyl (C=O) groups excluding carboxylic acids is 1. The van der Waals surface area contributed by atoms with Crippen LogP contribution in [0.4, 0.5) is 5.69 Å². The number of rotatable bonds is 8. The standard InChI is InChI=1S/C13H18N2O3S/c1-17-7-2-8-18-9-12(16)15-11-5-3-10(4-6-11)13(14)19/h3-6H,2,7-9H2,1H3,(H2,14,19)(H,15,16). The molecule has 0 saturated heterocycles. The van der Waals surface area contributed by atoms with Crippen LogP contribution in [0.5, 0.6) is 0 Å². The number of carbonyl (C=O) groups is 1. The number of hydrogen-bond acceptors (Lipinski definition) is 4. The molecule has 5 nitrogen and oxygen atoms in total. The summed E-state index contributed by atoms with van der Waals surface area (Å²) in [5, 5.41) is 2.72. The van der Waals surface area contributed by atoms with Gasteiger partial charge in [0.05, 0.1) is 0 Å². The van der Waals surface area contributed by atoms with Crippen molar-refractivity contribution < 1.29 is 14.3 Å². The first-order valence-corrected chi connectivity index (χ1v) is 6.30. The van der Waals surface area contributed by atoms with Crippen LogP contribution < -0.4 is 11.1 Å². The molecule has 1 aromatic rings. The normalized spacial score (nSPS) is 10.2. The molecular formula is C13H18N2O3S. The van der Waals surface area contributed by atoms with Gasteiger partial charge in [-0.05, 0) is 30.7 Å². The summed E-state index contributed by atoms with van der Waals surface area (Å²) in [7, 11) is 1.63. The molecule has 104 valence electrons. The van der Waals surface area contributed by atoms with Crippen LogP contribution in [0.2, 0.25) is 0 Å². The van der Waals surface area contributed by atoms with Crippen molar-refractivity contribution in [1.82, 2.24) is 0 Å². The fourth-order valence-corrected chi connectivity index (χ4v) is 1.52. The Hall–Kier alpha value is -1.50. The highest BCUT2D eigenvalue weighted by atomic mass is 32.1. The summed E-state index contributed by atoms with van der Waals surface area (Å²) in [6, 6.07) is 7.02. The number of nitrogens with one attached hydrogen (secondary N) is 1. The fraction of sp³-hybridized carbons (Fsp3) is 0.385. The van der Waals surface area contributed by atoms with Gasteiger partial charge in [0, 0.05) is 31.6 Å². The number of hydrogen-bond donors (Lipinski definition) is 2. The maximum Gasteiger partial charge on any atom is 0.250 e. The average Bonchev–Trinajstić information content (AvgIpc) is 2.39. The molecule has 0 radical (unpaired) electrons. The Morgan fingerprint density at radius 2 is 2.00 bits per heavy atom. The molecule has 1 aromatic carbocycles. The van der Waals surface area contributed by atoms with Gasteiger partial charge in [-0.2, -0.15) is 0 Å². The Morgan fingerprint density at radius 3 is 2.58 bits per heavy atom. The highest BCUT2D eigenvalue weighted by Gasteiger charge is 2.03. The Labute approximate surface area is 118 Å². The minimum atomic E-state index is -0.194. The van der Waals surface area contributed by atoms with E-state index in [1.807, 2.05) is 0 Å². The number of amides is 1. The van der Waals surface area contributed by atoms with Gasteiger partial charge in [0.1, 0.15) is 11.6 Å². The van der Waals surface area contributed by atoms with Gasteiger partial charge in [-0.15, -0.1) is 0 Å². The number of ether oxygens (including phenoxy) is 2. The second-order valence-corrected chi connectivity index (χ2v) is 4.33. The molecule has 0 aromatic heterocycles. The van der Waals surface area contributed by atoms with E-state index in [0.717, 1.165) is 12.0 Å². The second-order valence-electron chi connectivity index (χ2n) is 3.89. The zero-order valence-electron chi connectivity index (χ0n) is 10.8. The summed E-state index contributed by atoms with van der Waals surface area (Å²) in [4.78, 5) is 11.9. The molecule has 6 heteroatoms. The predicted molar refractivity (Wildman–Crippen MR) is 78.3 cm³/mol. The molecule has 19 heavy (non-hydrogen) atoms. The summed E-state index contributed by atoms with van der Waals surface area (Å²) in [6.45, 7) is 1.16. The predicted octanol–water partition coefficient (Wildman–Crippen LogP) is 1.31. The van der Waals surface area contributed by atoms with Crippen LogP contribution in [0.3, 0.4) is 0 Å². The van der Waals surface area contributed by atoms with Crippen molar-refractivity contribution >= 4 is 28.8 Å². The molecule has 0 fully saturated rings. The van der Waals surface area contributed by atoms with E-state index in [0.29, 0.717) is 23.9 Å². The van der Waals surface area contributed by atoms with Crippen LogP contribution in [-0.4, -0.2) is 37.8 Å². The summed E-state index contributed by atoms with van der Waals surface area (Å²) < 4.78 is 10.1. The lowest BCUT2D eigenvalue weighted by molar-refractivity contribution is -0.120. The number of thiocarbonyl (C=S) groups is 1. The lowest BCUT2D eigenvalue weighted by Gasteiger charge is -2.07. The molecule has 0 saturated carbocycles. The molecule has 0 aliphatic rings. The first-order chi connectivity index (χ1) is 9.13. The van der Waals surface area contributed by atoms with Crippen molar-refractivity contribution in [3.8, 4) is 0 Å². The Bertz CT molecular complexity index is 420. The van der Waals surface area contributed by atoms with Crippen molar-refractivity contribution in [2.45, 2.75) is 6.42 Å². The first-order valence-electron chi connectivity index (χ1n) is 5.90. The van der Waals surface area contributed by atoms with E-state index in [-0.39, 0.29) is 12.5 Å². The highest BCUT2D eigenvalue weighted by molar-refractivity contribution is 7.80. The van der Waals surface area contributed by atoms with Crippen molar-refractivity contribution in [2.75, 3.05) is 32.2 Å². The molecule has 0 aliphatic heterocycles. The highest BCUT2D eigenvalue weighted by Crippen LogP contribution is 2.09. The first kappa shape index (κ1) is 15.6. The third-order valence-corrected chi connectivity index (χ3v) is 2.56. The van der Waals surface area contributed by atoms with E-state index in [1.54, 1.807) is 31.4 Å². The van der Waals surface area contributed by atoms with Crippen molar-refractivity contribution in [3.05, 3.63) is 29.8 Å². The largest absolute Gasteiger partial charge is 0.389 e. The van der Waals surface area contributed by atoms with E-state index in [4.69, 9.17) is 27.4 Å². The fourth-order valence-electron chi connectivity index (χ4n) is 1.39. The van der Waals surface area contributed by atoms with Gasteiger partial charge >= 0.3 is 0 Å². The van der Waals surface area contributed by atoms with Crippen molar-refractivity contribution in [1.29, 1.82) is 0 Å². The SMILES string of the molecule is COCCCOCC(=O)Nc1ccc(C(N)=S)cc1. The van der Waals surface area contributed by atoms with Crippen LogP contribution in [0, 0.1) is 0 Å². The van der Waals surface area contributed by atoms with Gasteiger partial charge in [0.2, 0.25) is 5.91 Å². The summed E-state index contributed by atoms with van der Waals surface area (Å²) >= 11 is 4.85. The van der Waals surface area contributed by atoms with Crippen LogP contribution in [0.1, 0.15) is 12.0 Å². The van der Waals surface area contributed by atoms with Crippen molar-refractivity contribution in [2.24, 2.45) is 5.73 Å². The van der Waals surface area contributed by atoms with E-state index >= 15 is 0 Å². The molecule has 0 bridgehead atoms. The van der Waals surface area contributed by atoms with Crippen LogP contribution in [-0.2, 0) is 14.3 Å². The smallest absolute Gasteiger partial charge is 0.250 e. The molecule has 1 rings (SSSR count). The van der Waals surface area contributed by atoms with Gasteiger partial charge in [-0.3, -0.25) is 4.79 Å². The summed E-state index contributed by atoms with van der Waals surface area (Å²) in [5.41, 5.74) is 6.94. The molecule has 0 heterocycles. The molecule has 0 unspecified atom stereocenters. The minimum absolute atomic E-state index is 0.0285. The van der Waals surface area contributed by atoms with Gasteiger partial charge in [-0.1, -0.05) is 12.2 Å². The topological polar surface area (TPSA) is 73.6 Å². The summed E-state index contributed by atoms with van der Waals surface area (Å²) in [5.74, 6) is -0.194. The monoisotopic (exact) mass is 282 g/mol. The average molecular weight is 282 g/mol. The van der Waals surface area contributed by atoms with Crippen LogP contribution in [0.15, 0.2) is 24.3 Å². The Morgan fingerprint density at radius 1 is 1.32 bits per heavy atom. The molecule has 0 aliphatic carbocycles. The molecule has 3 N–H and O–H groups in total. The van der Waals surface area contributed by atoms with E-state index in [1.165, 1.54) is 0 Å². The zero-order valence-corrected chi connectivity index (χ0v) is 11.7. The van der Waals surface area contributed by atoms with Gasteiger partial charge in [-0.25, -0.2) is 0 Å². The number of anilines is 1. The molecule has 0 spiro atoms. The minimum Gasteiger partial charge on any atom is -0.389 e. The quantitative estimate of drug-likeness (QED) is 0.555. The van der Waals surface area contributed by atoms with E-state index in [2.05, 4.69) is 5.32 Å². The van der Waals surface area contributed by atoms with Gasteiger partial charge in [0.15, 0.2) is 0 Å². The molecule has 1 amide bonds.